The van der Waals surface area contributed by atoms with Gasteiger partial charge in [-0.3, -0.25) is 9.59 Å². The van der Waals surface area contributed by atoms with Crippen molar-refractivity contribution >= 4 is 11.9 Å². The van der Waals surface area contributed by atoms with Crippen LogP contribution in [0.3, 0.4) is 0 Å². The summed E-state index contributed by atoms with van der Waals surface area (Å²) >= 11 is 0. The number of hydrogen-bond donors (Lipinski definition) is 0. The highest BCUT2D eigenvalue weighted by atomic mass is 16.5. The van der Waals surface area contributed by atoms with Crippen molar-refractivity contribution < 1.29 is 19.1 Å². The Morgan fingerprint density at radius 3 is 2.33 bits per heavy atom. The van der Waals surface area contributed by atoms with Gasteiger partial charge in [0, 0.05) is 19.8 Å². The first-order valence-corrected chi connectivity index (χ1v) is 14.6. The van der Waals surface area contributed by atoms with E-state index in [1.807, 2.05) is 0 Å². The quantitative estimate of drug-likeness (QED) is 0.278. The molecule has 3 saturated carbocycles. The first-order valence-electron chi connectivity index (χ1n) is 14.6. The molecule has 3 fully saturated rings. The summed E-state index contributed by atoms with van der Waals surface area (Å²) in [5, 5.41) is 0. The third-order valence-electron chi connectivity index (χ3n) is 11.1. The van der Waals surface area contributed by atoms with Gasteiger partial charge in [0.25, 0.3) is 0 Å². The molecule has 0 N–H and O–H groups in total. The molecule has 4 heteroatoms. The minimum absolute atomic E-state index is 0.0106. The molecule has 36 heavy (non-hydrogen) atoms. The van der Waals surface area contributed by atoms with Gasteiger partial charge in [-0.2, -0.15) is 0 Å². The van der Waals surface area contributed by atoms with Gasteiger partial charge in [-0.1, -0.05) is 57.9 Å². The molecule has 4 aliphatic carbocycles. The molecule has 0 aromatic carbocycles. The lowest BCUT2D eigenvalue weighted by molar-refractivity contribution is -0.168. The summed E-state index contributed by atoms with van der Waals surface area (Å²) in [4.78, 5) is 23.9. The summed E-state index contributed by atoms with van der Waals surface area (Å²) in [7, 11) is 0. The number of allylic oxidation sites excluding steroid dienone is 4. The Labute approximate surface area is 219 Å². The average Bonchev–Trinajstić information content (AvgIpc) is 3.14. The molecule has 0 radical (unpaired) electrons. The van der Waals surface area contributed by atoms with Gasteiger partial charge < -0.3 is 9.47 Å². The SMILES string of the molecule is CC(=O)OC1CCC2(C)C3=CCC4(C)C(/C(C)=C/CC(C)C(C)C)CCC4C3CC(OC(C)=O)C2C1. The second-order valence-electron chi connectivity index (χ2n) is 13.5. The van der Waals surface area contributed by atoms with E-state index >= 15 is 0 Å². The maximum absolute atomic E-state index is 12.2. The van der Waals surface area contributed by atoms with Crippen LogP contribution in [-0.4, -0.2) is 24.1 Å². The second kappa shape index (κ2) is 10.3. The number of esters is 2. The highest BCUT2D eigenvalue weighted by Gasteiger charge is 2.60. The van der Waals surface area contributed by atoms with E-state index in [4.69, 9.17) is 9.47 Å². The Balaban J connectivity index is 1.62. The van der Waals surface area contributed by atoms with E-state index in [0.717, 1.165) is 32.1 Å². The van der Waals surface area contributed by atoms with Crippen molar-refractivity contribution in [1.82, 2.24) is 0 Å². The Morgan fingerprint density at radius 1 is 1.00 bits per heavy atom. The molecule has 0 bridgehead atoms. The summed E-state index contributed by atoms with van der Waals surface area (Å²) in [6.45, 7) is 17.4. The molecule has 9 unspecified atom stereocenters. The highest BCUT2D eigenvalue weighted by molar-refractivity contribution is 5.66. The molecule has 0 aromatic heterocycles. The van der Waals surface area contributed by atoms with Crippen LogP contribution in [0.1, 0.15) is 107 Å². The van der Waals surface area contributed by atoms with Crippen LogP contribution in [0, 0.1) is 46.3 Å². The monoisotopic (exact) mass is 498 g/mol. The van der Waals surface area contributed by atoms with E-state index in [0.29, 0.717) is 29.6 Å². The van der Waals surface area contributed by atoms with E-state index in [2.05, 4.69) is 53.7 Å². The minimum Gasteiger partial charge on any atom is -0.463 e. The Hall–Kier alpha value is -1.58. The van der Waals surface area contributed by atoms with Gasteiger partial charge in [-0.05, 0) is 98.7 Å². The summed E-state index contributed by atoms with van der Waals surface area (Å²) in [5.74, 6) is 2.99. The lowest BCUT2D eigenvalue weighted by atomic mass is 9.47. The summed E-state index contributed by atoms with van der Waals surface area (Å²) < 4.78 is 11.7. The molecule has 4 nitrogen and oxygen atoms in total. The van der Waals surface area contributed by atoms with Crippen molar-refractivity contribution in [2.45, 2.75) is 119 Å². The van der Waals surface area contributed by atoms with Gasteiger partial charge in [-0.25, -0.2) is 0 Å². The molecular weight excluding hydrogens is 448 g/mol. The molecule has 202 valence electrons. The van der Waals surface area contributed by atoms with Crippen molar-refractivity contribution in [2.75, 3.05) is 0 Å². The Morgan fingerprint density at radius 2 is 1.69 bits per heavy atom. The minimum atomic E-state index is -0.211. The number of carbonyl (C=O) groups is 2. The van der Waals surface area contributed by atoms with E-state index in [9.17, 15) is 9.59 Å². The fraction of sp³-hybridized carbons (Fsp3) is 0.812. The van der Waals surface area contributed by atoms with E-state index in [1.165, 1.54) is 33.1 Å². The van der Waals surface area contributed by atoms with E-state index in [1.54, 1.807) is 11.1 Å². The van der Waals surface area contributed by atoms with Crippen LogP contribution in [0.15, 0.2) is 23.3 Å². The summed E-state index contributed by atoms with van der Waals surface area (Å²) in [6.07, 6.45) is 13.4. The Bertz CT molecular complexity index is 915. The average molecular weight is 499 g/mol. The molecule has 0 amide bonds. The highest BCUT2D eigenvalue weighted by Crippen LogP contribution is 2.66. The first-order chi connectivity index (χ1) is 16.9. The zero-order valence-corrected chi connectivity index (χ0v) is 24.1. The Kier molecular flexibility index (Phi) is 7.85. The number of ether oxygens (including phenoxy) is 2. The first kappa shape index (κ1) is 27.5. The lowest BCUT2D eigenvalue weighted by Gasteiger charge is -2.58. The molecule has 4 aliphatic rings. The van der Waals surface area contributed by atoms with Crippen molar-refractivity contribution in [3.8, 4) is 0 Å². The zero-order valence-electron chi connectivity index (χ0n) is 24.1. The van der Waals surface area contributed by atoms with Crippen molar-refractivity contribution in [3.63, 3.8) is 0 Å². The van der Waals surface area contributed by atoms with Crippen LogP contribution in [0.2, 0.25) is 0 Å². The topological polar surface area (TPSA) is 52.6 Å². The van der Waals surface area contributed by atoms with E-state index < -0.39 is 0 Å². The molecule has 0 spiro atoms. The zero-order chi connectivity index (χ0) is 26.4. The lowest BCUT2D eigenvalue weighted by Crippen LogP contribution is -2.54. The molecule has 0 heterocycles. The fourth-order valence-electron chi connectivity index (χ4n) is 8.73. The van der Waals surface area contributed by atoms with Crippen molar-refractivity contribution in [3.05, 3.63) is 23.3 Å². The fourth-order valence-corrected chi connectivity index (χ4v) is 8.73. The smallest absolute Gasteiger partial charge is 0.302 e. The van der Waals surface area contributed by atoms with Gasteiger partial charge in [0.1, 0.15) is 12.2 Å². The van der Waals surface area contributed by atoms with Crippen LogP contribution >= 0.6 is 0 Å². The van der Waals surface area contributed by atoms with Crippen LogP contribution in [0.4, 0.5) is 0 Å². The van der Waals surface area contributed by atoms with Gasteiger partial charge in [0.2, 0.25) is 0 Å². The van der Waals surface area contributed by atoms with Crippen LogP contribution in [-0.2, 0) is 19.1 Å². The predicted octanol–water partition coefficient (Wildman–Crippen LogP) is 7.67. The van der Waals surface area contributed by atoms with Crippen molar-refractivity contribution in [1.29, 1.82) is 0 Å². The molecule has 0 aliphatic heterocycles. The molecule has 4 rings (SSSR count). The third-order valence-corrected chi connectivity index (χ3v) is 11.1. The van der Waals surface area contributed by atoms with Gasteiger partial charge >= 0.3 is 11.9 Å². The predicted molar refractivity (Wildman–Crippen MR) is 144 cm³/mol. The summed E-state index contributed by atoms with van der Waals surface area (Å²) in [6, 6.07) is 0. The van der Waals surface area contributed by atoms with Gasteiger partial charge in [0.15, 0.2) is 0 Å². The van der Waals surface area contributed by atoms with Crippen LogP contribution in [0.5, 0.6) is 0 Å². The number of carbonyl (C=O) groups excluding carboxylic acids is 2. The molecular formula is C32H50O4. The standard InChI is InChI=1S/C32H50O4/c1-19(2)20(3)9-10-21(4)26-11-12-27-25-18-30(36-23(6)34)29-17-24(35-22(5)33)13-15-32(29,8)28(25)14-16-31(26,27)7/h10,14,19-20,24-27,29-30H,9,11-13,15-18H2,1-8H3/b21-10+. The van der Waals surface area contributed by atoms with Crippen molar-refractivity contribution in [2.24, 2.45) is 46.3 Å². The third kappa shape index (κ3) is 4.95. The number of hydrogen-bond acceptors (Lipinski definition) is 4. The normalized spacial score (nSPS) is 41.0. The maximum atomic E-state index is 12.2. The van der Waals surface area contributed by atoms with E-state index in [-0.39, 0.29) is 40.9 Å². The van der Waals surface area contributed by atoms with Crippen LogP contribution in [0.25, 0.3) is 0 Å². The largest absolute Gasteiger partial charge is 0.463 e. The second-order valence-corrected chi connectivity index (χ2v) is 13.5. The van der Waals surface area contributed by atoms with Gasteiger partial charge in [-0.15, -0.1) is 0 Å². The van der Waals surface area contributed by atoms with Crippen LogP contribution < -0.4 is 0 Å². The number of fused-ring (bicyclic) bond motifs is 5. The maximum Gasteiger partial charge on any atom is 0.302 e. The van der Waals surface area contributed by atoms with Gasteiger partial charge in [0.05, 0.1) is 0 Å². The molecule has 0 aromatic rings. The summed E-state index contributed by atoms with van der Waals surface area (Å²) in [5.41, 5.74) is 3.49. The number of rotatable bonds is 6. The molecule has 0 saturated heterocycles. The molecule has 9 atom stereocenters.